The van der Waals surface area contributed by atoms with Gasteiger partial charge in [0.1, 0.15) is 11.3 Å². The summed E-state index contributed by atoms with van der Waals surface area (Å²) in [6.07, 6.45) is -2.62. The zero-order chi connectivity index (χ0) is 17.6. The van der Waals surface area contributed by atoms with Crippen molar-refractivity contribution in [3.8, 4) is 5.88 Å². The van der Waals surface area contributed by atoms with Gasteiger partial charge < -0.3 is 15.2 Å². The Bertz CT molecular complexity index is 679. The SMILES string of the molecule is CC(O)(CNC(=O)c1cccc(OCC(F)F)n1)c1ccccc1. The molecule has 0 saturated carbocycles. The van der Waals surface area contributed by atoms with E-state index in [0.717, 1.165) is 0 Å². The van der Waals surface area contributed by atoms with Crippen LogP contribution in [0.3, 0.4) is 0 Å². The predicted octanol–water partition coefficient (Wildman–Crippen LogP) is 2.36. The molecule has 2 rings (SSSR count). The maximum absolute atomic E-state index is 12.1. The van der Waals surface area contributed by atoms with Crippen LogP contribution in [-0.4, -0.2) is 35.6 Å². The molecule has 2 N–H and O–H groups in total. The van der Waals surface area contributed by atoms with Gasteiger partial charge in [-0.15, -0.1) is 0 Å². The third-order valence-corrected chi connectivity index (χ3v) is 3.30. The summed E-state index contributed by atoms with van der Waals surface area (Å²) in [4.78, 5) is 16.0. The lowest BCUT2D eigenvalue weighted by Crippen LogP contribution is -2.38. The van der Waals surface area contributed by atoms with Gasteiger partial charge in [-0.05, 0) is 18.6 Å². The molecule has 1 heterocycles. The average molecular weight is 336 g/mol. The molecule has 1 unspecified atom stereocenters. The molecule has 0 aliphatic rings. The minimum Gasteiger partial charge on any atom is -0.472 e. The highest BCUT2D eigenvalue weighted by Crippen LogP contribution is 2.19. The Morgan fingerprint density at radius 2 is 1.96 bits per heavy atom. The summed E-state index contributed by atoms with van der Waals surface area (Å²) in [6, 6.07) is 13.2. The molecule has 24 heavy (non-hydrogen) atoms. The van der Waals surface area contributed by atoms with Gasteiger partial charge in [-0.1, -0.05) is 36.4 Å². The maximum Gasteiger partial charge on any atom is 0.272 e. The molecule has 1 aromatic heterocycles. The van der Waals surface area contributed by atoms with E-state index < -0.39 is 24.5 Å². The Balaban J connectivity index is 1.98. The molecule has 128 valence electrons. The van der Waals surface area contributed by atoms with Crippen LogP contribution in [0, 0.1) is 0 Å². The summed E-state index contributed by atoms with van der Waals surface area (Å²) in [6.45, 7) is 0.763. The van der Waals surface area contributed by atoms with Crippen molar-refractivity contribution in [1.82, 2.24) is 10.3 Å². The Morgan fingerprint density at radius 3 is 2.62 bits per heavy atom. The summed E-state index contributed by atoms with van der Waals surface area (Å²) >= 11 is 0. The highest BCUT2D eigenvalue weighted by Gasteiger charge is 2.24. The standard InChI is InChI=1S/C17H18F2N2O3/c1-17(23,12-6-3-2-4-7-12)11-20-16(22)13-8-5-9-15(21-13)24-10-14(18)19/h2-9,14,23H,10-11H2,1H3,(H,20,22). The molecule has 7 heteroatoms. The number of nitrogens with zero attached hydrogens (tertiary/aromatic N) is 1. The van der Waals surface area contributed by atoms with Crippen LogP contribution in [0.25, 0.3) is 0 Å². The second kappa shape index (κ2) is 7.83. The number of aromatic nitrogens is 1. The van der Waals surface area contributed by atoms with Crippen LogP contribution < -0.4 is 10.1 Å². The number of carbonyl (C=O) groups is 1. The summed E-state index contributed by atoms with van der Waals surface area (Å²) in [5.74, 6) is -0.591. The average Bonchev–Trinajstić information content (AvgIpc) is 2.59. The molecular formula is C17H18F2N2O3. The smallest absolute Gasteiger partial charge is 0.272 e. The van der Waals surface area contributed by atoms with Crippen LogP contribution >= 0.6 is 0 Å². The van der Waals surface area contributed by atoms with Crippen LogP contribution in [0.15, 0.2) is 48.5 Å². The lowest BCUT2D eigenvalue weighted by atomic mass is 9.96. The Kier molecular flexibility index (Phi) is 5.81. The van der Waals surface area contributed by atoms with Gasteiger partial charge >= 0.3 is 0 Å². The molecule has 0 bridgehead atoms. The van der Waals surface area contributed by atoms with Gasteiger partial charge in [0.25, 0.3) is 12.3 Å². The van der Waals surface area contributed by atoms with Gasteiger partial charge in [-0.25, -0.2) is 13.8 Å². The molecule has 1 atom stereocenters. The first-order valence-electron chi connectivity index (χ1n) is 7.32. The molecule has 5 nitrogen and oxygen atoms in total. The topological polar surface area (TPSA) is 71.5 Å². The Hall–Kier alpha value is -2.54. The molecule has 1 aromatic carbocycles. The van der Waals surface area contributed by atoms with E-state index in [4.69, 9.17) is 4.74 Å². The number of pyridine rings is 1. The van der Waals surface area contributed by atoms with Crippen LogP contribution in [0.1, 0.15) is 23.0 Å². The molecule has 0 radical (unpaired) electrons. The van der Waals surface area contributed by atoms with Crippen molar-refractivity contribution in [2.75, 3.05) is 13.2 Å². The lowest BCUT2D eigenvalue weighted by Gasteiger charge is -2.24. The first kappa shape index (κ1) is 17.8. The number of nitrogens with one attached hydrogen (secondary N) is 1. The fourth-order valence-corrected chi connectivity index (χ4v) is 2.01. The van der Waals surface area contributed by atoms with Crippen molar-refractivity contribution in [3.63, 3.8) is 0 Å². The van der Waals surface area contributed by atoms with Crippen molar-refractivity contribution in [2.45, 2.75) is 19.0 Å². The number of aliphatic hydroxyl groups is 1. The Labute approximate surface area is 138 Å². The lowest BCUT2D eigenvalue weighted by molar-refractivity contribution is 0.0524. The largest absolute Gasteiger partial charge is 0.472 e. The fraction of sp³-hybridized carbons (Fsp3) is 0.294. The summed E-state index contributed by atoms with van der Waals surface area (Å²) in [5, 5.41) is 13.0. The number of hydrogen-bond donors (Lipinski definition) is 2. The zero-order valence-electron chi connectivity index (χ0n) is 13.1. The highest BCUT2D eigenvalue weighted by molar-refractivity contribution is 5.92. The monoisotopic (exact) mass is 336 g/mol. The quantitative estimate of drug-likeness (QED) is 0.814. The van der Waals surface area contributed by atoms with Gasteiger partial charge in [-0.2, -0.15) is 0 Å². The normalized spacial score (nSPS) is 13.4. The van der Waals surface area contributed by atoms with E-state index in [1.54, 1.807) is 31.2 Å². The number of ether oxygens (including phenoxy) is 1. The van der Waals surface area contributed by atoms with Gasteiger partial charge in [0, 0.05) is 6.07 Å². The molecular weight excluding hydrogens is 318 g/mol. The molecule has 2 aromatic rings. The molecule has 0 spiro atoms. The highest BCUT2D eigenvalue weighted by atomic mass is 19.3. The van der Waals surface area contributed by atoms with E-state index >= 15 is 0 Å². The van der Waals surface area contributed by atoms with Gasteiger partial charge in [-0.3, -0.25) is 4.79 Å². The second-order valence-corrected chi connectivity index (χ2v) is 5.39. The molecule has 0 aliphatic carbocycles. The number of hydrogen-bond acceptors (Lipinski definition) is 4. The second-order valence-electron chi connectivity index (χ2n) is 5.39. The minimum atomic E-state index is -2.62. The number of rotatable bonds is 7. The molecule has 0 fully saturated rings. The summed E-state index contributed by atoms with van der Waals surface area (Å²) in [5.41, 5.74) is -0.571. The van der Waals surface area contributed by atoms with Gasteiger partial charge in [0.15, 0.2) is 6.61 Å². The first-order chi connectivity index (χ1) is 11.4. The van der Waals surface area contributed by atoms with E-state index in [1.165, 1.54) is 18.2 Å². The van der Waals surface area contributed by atoms with Crippen molar-refractivity contribution in [2.24, 2.45) is 0 Å². The van der Waals surface area contributed by atoms with Crippen molar-refractivity contribution < 1.29 is 23.4 Å². The van der Waals surface area contributed by atoms with Crippen molar-refractivity contribution in [3.05, 3.63) is 59.8 Å². The number of halogens is 2. The van der Waals surface area contributed by atoms with E-state index in [1.807, 2.05) is 6.07 Å². The number of benzene rings is 1. The van der Waals surface area contributed by atoms with E-state index in [9.17, 15) is 18.7 Å². The van der Waals surface area contributed by atoms with Crippen LogP contribution in [-0.2, 0) is 5.60 Å². The van der Waals surface area contributed by atoms with Crippen LogP contribution in [0.2, 0.25) is 0 Å². The number of carbonyl (C=O) groups excluding carboxylic acids is 1. The third-order valence-electron chi connectivity index (χ3n) is 3.30. The van der Waals surface area contributed by atoms with Crippen LogP contribution in [0.4, 0.5) is 8.78 Å². The maximum atomic E-state index is 12.1. The summed E-state index contributed by atoms with van der Waals surface area (Å²) < 4.78 is 29.0. The molecule has 1 amide bonds. The molecule has 0 saturated heterocycles. The number of amides is 1. The van der Waals surface area contributed by atoms with Gasteiger partial charge in [0.2, 0.25) is 5.88 Å². The van der Waals surface area contributed by atoms with E-state index in [-0.39, 0.29) is 18.1 Å². The van der Waals surface area contributed by atoms with Crippen LogP contribution in [0.5, 0.6) is 5.88 Å². The van der Waals surface area contributed by atoms with E-state index in [0.29, 0.717) is 5.56 Å². The minimum absolute atomic E-state index is 0.0191. The predicted molar refractivity (Wildman–Crippen MR) is 84.1 cm³/mol. The van der Waals surface area contributed by atoms with Gasteiger partial charge in [0.05, 0.1) is 6.54 Å². The van der Waals surface area contributed by atoms with Crippen molar-refractivity contribution in [1.29, 1.82) is 0 Å². The number of alkyl halides is 2. The third kappa shape index (κ3) is 4.99. The zero-order valence-corrected chi connectivity index (χ0v) is 13.1. The first-order valence-corrected chi connectivity index (χ1v) is 7.32. The van der Waals surface area contributed by atoms with Crippen molar-refractivity contribution >= 4 is 5.91 Å². The van der Waals surface area contributed by atoms with E-state index in [2.05, 4.69) is 10.3 Å². The molecule has 0 aliphatic heterocycles. The fourth-order valence-electron chi connectivity index (χ4n) is 2.01. The Morgan fingerprint density at radius 1 is 1.25 bits per heavy atom. The summed E-state index contributed by atoms with van der Waals surface area (Å²) in [7, 11) is 0.